The summed E-state index contributed by atoms with van der Waals surface area (Å²) in [5.41, 5.74) is 1.09. The number of anilines is 1. The monoisotopic (exact) mass is 228 g/mol. The fraction of sp³-hybridized carbons (Fsp3) is 0.727. The fourth-order valence-electron chi connectivity index (χ4n) is 1.40. The van der Waals surface area contributed by atoms with Crippen molar-refractivity contribution in [2.24, 2.45) is 5.92 Å². The van der Waals surface area contributed by atoms with Gasteiger partial charge in [-0.25, -0.2) is 4.98 Å². The second-order valence-electron chi connectivity index (χ2n) is 4.17. The minimum atomic E-state index is 0.221. The lowest BCUT2D eigenvalue weighted by Crippen LogP contribution is -2.26. The Morgan fingerprint density at radius 1 is 1.40 bits per heavy atom. The molecule has 0 saturated carbocycles. The molecule has 86 valence electrons. The van der Waals surface area contributed by atoms with Gasteiger partial charge in [0.05, 0.1) is 5.69 Å². The van der Waals surface area contributed by atoms with E-state index in [1.807, 2.05) is 6.92 Å². The van der Waals surface area contributed by atoms with E-state index in [0.717, 1.165) is 17.2 Å². The summed E-state index contributed by atoms with van der Waals surface area (Å²) in [5, 5.41) is 13.3. The van der Waals surface area contributed by atoms with Gasteiger partial charge in [-0.15, -0.1) is 11.3 Å². The fourth-order valence-corrected chi connectivity index (χ4v) is 2.28. The molecule has 0 aliphatic heterocycles. The molecular formula is C11H20N2OS. The second kappa shape index (κ2) is 5.47. The van der Waals surface area contributed by atoms with Crippen LogP contribution < -0.4 is 5.32 Å². The normalized spacial score (nSPS) is 13.2. The lowest BCUT2D eigenvalue weighted by molar-refractivity contribution is 0.267. The van der Waals surface area contributed by atoms with Crippen LogP contribution in [0.15, 0.2) is 0 Å². The van der Waals surface area contributed by atoms with Gasteiger partial charge in [-0.1, -0.05) is 13.8 Å². The molecule has 0 saturated heterocycles. The van der Waals surface area contributed by atoms with Crippen molar-refractivity contribution in [1.29, 1.82) is 0 Å². The first kappa shape index (κ1) is 12.5. The molecule has 4 heteroatoms. The van der Waals surface area contributed by atoms with E-state index in [1.54, 1.807) is 11.3 Å². The summed E-state index contributed by atoms with van der Waals surface area (Å²) >= 11 is 1.68. The zero-order valence-corrected chi connectivity index (χ0v) is 10.7. The molecule has 0 bridgehead atoms. The molecule has 0 amide bonds. The lowest BCUT2D eigenvalue weighted by atomic mass is 10.0. The highest BCUT2D eigenvalue weighted by Gasteiger charge is 2.14. The maximum absolute atomic E-state index is 8.97. The van der Waals surface area contributed by atoms with Crippen LogP contribution in [0.25, 0.3) is 0 Å². The van der Waals surface area contributed by atoms with Crippen molar-refractivity contribution < 1.29 is 5.11 Å². The summed E-state index contributed by atoms with van der Waals surface area (Å²) in [7, 11) is 0. The molecule has 1 unspecified atom stereocenters. The third kappa shape index (κ3) is 3.47. The van der Waals surface area contributed by atoms with Crippen LogP contribution in [-0.4, -0.2) is 22.7 Å². The van der Waals surface area contributed by atoms with Gasteiger partial charge >= 0.3 is 0 Å². The predicted molar refractivity (Wildman–Crippen MR) is 65.5 cm³/mol. The summed E-state index contributed by atoms with van der Waals surface area (Å²) in [5.74, 6) is 0.502. The molecule has 0 aliphatic rings. The predicted octanol–water partition coefficient (Wildman–Crippen LogP) is 2.58. The number of aromatic nitrogens is 1. The summed E-state index contributed by atoms with van der Waals surface area (Å²) in [4.78, 5) is 5.69. The van der Waals surface area contributed by atoms with Crippen LogP contribution in [0.5, 0.6) is 0 Å². The van der Waals surface area contributed by atoms with Crippen LogP contribution in [-0.2, 0) is 0 Å². The van der Waals surface area contributed by atoms with Gasteiger partial charge in [0.15, 0.2) is 5.13 Å². The highest BCUT2D eigenvalue weighted by atomic mass is 32.1. The lowest BCUT2D eigenvalue weighted by Gasteiger charge is -2.20. The van der Waals surface area contributed by atoms with Crippen molar-refractivity contribution in [3.63, 3.8) is 0 Å². The van der Waals surface area contributed by atoms with Gasteiger partial charge in [-0.2, -0.15) is 0 Å². The summed E-state index contributed by atoms with van der Waals surface area (Å²) in [6.45, 7) is 8.63. The van der Waals surface area contributed by atoms with Crippen molar-refractivity contribution in [3.05, 3.63) is 10.6 Å². The maximum Gasteiger partial charge on any atom is 0.183 e. The summed E-state index contributed by atoms with van der Waals surface area (Å²) in [6, 6.07) is 0.306. The van der Waals surface area contributed by atoms with Gasteiger partial charge in [0.2, 0.25) is 0 Å². The SMILES string of the molecule is Cc1nc(NC(CCO)C(C)C)sc1C. The van der Waals surface area contributed by atoms with Crippen molar-refractivity contribution in [3.8, 4) is 0 Å². The first-order chi connectivity index (χ1) is 7.04. The van der Waals surface area contributed by atoms with E-state index in [0.29, 0.717) is 12.0 Å². The zero-order valence-electron chi connectivity index (χ0n) is 9.87. The third-order valence-corrected chi connectivity index (χ3v) is 3.59. The molecule has 0 spiro atoms. The minimum absolute atomic E-state index is 0.221. The topological polar surface area (TPSA) is 45.2 Å². The number of aryl methyl sites for hydroxylation is 2. The first-order valence-corrected chi connectivity index (χ1v) is 6.17. The molecule has 0 fully saturated rings. The molecule has 15 heavy (non-hydrogen) atoms. The van der Waals surface area contributed by atoms with E-state index in [9.17, 15) is 0 Å². The van der Waals surface area contributed by atoms with Gasteiger partial charge in [0.1, 0.15) is 0 Å². The molecular weight excluding hydrogens is 208 g/mol. The highest BCUT2D eigenvalue weighted by Crippen LogP contribution is 2.23. The number of hydrogen-bond donors (Lipinski definition) is 2. The number of aliphatic hydroxyl groups excluding tert-OH is 1. The van der Waals surface area contributed by atoms with Crippen LogP contribution in [0, 0.1) is 19.8 Å². The Bertz CT molecular complexity index is 290. The number of nitrogens with zero attached hydrogens (tertiary/aromatic N) is 1. The molecule has 0 aromatic carbocycles. The van der Waals surface area contributed by atoms with Crippen LogP contribution >= 0.6 is 11.3 Å². The average Bonchev–Trinajstić information content (AvgIpc) is 2.45. The van der Waals surface area contributed by atoms with E-state index >= 15 is 0 Å². The smallest absolute Gasteiger partial charge is 0.183 e. The van der Waals surface area contributed by atoms with Crippen LogP contribution in [0.4, 0.5) is 5.13 Å². The summed E-state index contributed by atoms with van der Waals surface area (Å²) in [6.07, 6.45) is 0.773. The molecule has 0 radical (unpaired) electrons. The largest absolute Gasteiger partial charge is 0.396 e. The molecule has 1 rings (SSSR count). The van der Waals surface area contributed by atoms with Crippen molar-refractivity contribution in [2.45, 2.75) is 40.2 Å². The van der Waals surface area contributed by atoms with E-state index < -0.39 is 0 Å². The van der Waals surface area contributed by atoms with E-state index in [-0.39, 0.29) is 6.61 Å². The van der Waals surface area contributed by atoms with Crippen LogP contribution in [0.3, 0.4) is 0 Å². The van der Waals surface area contributed by atoms with Gasteiger partial charge in [-0.3, -0.25) is 0 Å². The Kier molecular flexibility index (Phi) is 4.54. The van der Waals surface area contributed by atoms with Crippen LogP contribution in [0.1, 0.15) is 30.8 Å². The Hall–Kier alpha value is -0.610. The maximum atomic E-state index is 8.97. The second-order valence-corrected chi connectivity index (χ2v) is 5.37. The van der Waals surface area contributed by atoms with Crippen LogP contribution in [0.2, 0.25) is 0 Å². The number of aliphatic hydroxyl groups is 1. The first-order valence-electron chi connectivity index (χ1n) is 5.36. The average molecular weight is 228 g/mol. The molecule has 1 atom stereocenters. The molecule has 1 aromatic rings. The molecule has 3 nitrogen and oxygen atoms in total. The van der Waals surface area contributed by atoms with E-state index in [2.05, 4.69) is 31.1 Å². The quantitative estimate of drug-likeness (QED) is 0.814. The Labute approximate surface area is 95.6 Å². The Morgan fingerprint density at radius 2 is 2.07 bits per heavy atom. The highest BCUT2D eigenvalue weighted by molar-refractivity contribution is 7.15. The molecule has 0 aliphatic carbocycles. The number of nitrogens with one attached hydrogen (secondary N) is 1. The molecule has 2 N–H and O–H groups in total. The van der Waals surface area contributed by atoms with E-state index in [4.69, 9.17) is 5.11 Å². The number of hydrogen-bond acceptors (Lipinski definition) is 4. The minimum Gasteiger partial charge on any atom is -0.396 e. The number of rotatable bonds is 5. The van der Waals surface area contributed by atoms with E-state index in [1.165, 1.54) is 4.88 Å². The van der Waals surface area contributed by atoms with Gasteiger partial charge in [0.25, 0.3) is 0 Å². The van der Waals surface area contributed by atoms with Crippen molar-refractivity contribution in [1.82, 2.24) is 4.98 Å². The zero-order chi connectivity index (χ0) is 11.4. The number of thiazole rings is 1. The van der Waals surface area contributed by atoms with Gasteiger partial charge < -0.3 is 10.4 Å². The van der Waals surface area contributed by atoms with Gasteiger partial charge in [-0.05, 0) is 26.2 Å². The van der Waals surface area contributed by atoms with Crippen molar-refractivity contribution in [2.75, 3.05) is 11.9 Å². The third-order valence-electron chi connectivity index (χ3n) is 2.58. The standard InChI is InChI=1S/C11H20N2OS/c1-7(2)10(5-6-14)13-11-12-8(3)9(4)15-11/h7,10,14H,5-6H2,1-4H3,(H,12,13). The molecule has 1 heterocycles. The van der Waals surface area contributed by atoms with Crippen molar-refractivity contribution >= 4 is 16.5 Å². The Morgan fingerprint density at radius 3 is 2.47 bits per heavy atom. The summed E-state index contributed by atoms with van der Waals surface area (Å²) < 4.78 is 0. The Balaban J connectivity index is 2.65. The van der Waals surface area contributed by atoms with Gasteiger partial charge in [0, 0.05) is 17.5 Å². The molecule has 1 aromatic heterocycles.